The minimum absolute atomic E-state index is 0.208. The summed E-state index contributed by atoms with van der Waals surface area (Å²) in [7, 11) is 5.04. The molecule has 2 heterocycles. The van der Waals surface area contributed by atoms with Crippen LogP contribution in [0.25, 0.3) is 11.0 Å². The second-order valence-electron chi connectivity index (χ2n) is 6.11. The van der Waals surface area contributed by atoms with Crippen molar-refractivity contribution in [2.45, 2.75) is 19.9 Å². The van der Waals surface area contributed by atoms with Gasteiger partial charge >= 0.3 is 0 Å². The molecule has 0 fully saturated rings. The fourth-order valence-corrected chi connectivity index (χ4v) is 2.97. The number of aromatic nitrogens is 3. The molecule has 3 rings (SSSR count). The van der Waals surface area contributed by atoms with Crippen LogP contribution in [-0.4, -0.2) is 34.9 Å². The van der Waals surface area contributed by atoms with Crippen LogP contribution in [0, 0.1) is 6.92 Å². The van der Waals surface area contributed by atoms with Gasteiger partial charge in [-0.05, 0) is 38.1 Å². The first-order valence-corrected chi connectivity index (χ1v) is 8.26. The lowest BCUT2D eigenvalue weighted by atomic mass is 10.1. The van der Waals surface area contributed by atoms with E-state index in [9.17, 15) is 4.79 Å². The maximum absolute atomic E-state index is 12.7. The standard InChI is InChI=1S/C19H22N4O3/c1-11(15-9-14(25-4)6-7-17(15)26-5)21-19(24)13-8-16-12(2)22-23(3)18(16)20-10-13/h6-11H,1-5H3,(H,21,24). The fourth-order valence-electron chi connectivity index (χ4n) is 2.97. The Bertz CT molecular complexity index is 965. The minimum atomic E-state index is -0.266. The predicted molar refractivity (Wildman–Crippen MR) is 98.7 cm³/mol. The number of carbonyl (C=O) groups is 1. The van der Waals surface area contributed by atoms with Crippen molar-refractivity contribution >= 4 is 16.9 Å². The third-order valence-corrected chi connectivity index (χ3v) is 4.38. The highest BCUT2D eigenvalue weighted by atomic mass is 16.5. The van der Waals surface area contributed by atoms with Gasteiger partial charge in [-0.15, -0.1) is 0 Å². The first-order chi connectivity index (χ1) is 12.4. The van der Waals surface area contributed by atoms with E-state index < -0.39 is 0 Å². The summed E-state index contributed by atoms with van der Waals surface area (Å²) < 4.78 is 12.4. The van der Waals surface area contributed by atoms with Crippen molar-refractivity contribution in [1.82, 2.24) is 20.1 Å². The molecule has 3 aromatic rings. The zero-order chi connectivity index (χ0) is 18.8. The minimum Gasteiger partial charge on any atom is -0.497 e. The number of hydrogen-bond acceptors (Lipinski definition) is 5. The second kappa shape index (κ2) is 7.03. The molecule has 2 aromatic heterocycles. The van der Waals surface area contributed by atoms with Crippen LogP contribution < -0.4 is 14.8 Å². The van der Waals surface area contributed by atoms with E-state index in [4.69, 9.17) is 9.47 Å². The number of amides is 1. The first kappa shape index (κ1) is 17.7. The molecule has 0 spiro atoms. The van der Waals surface area contributed by atoms with Crippen LogP contribution in [0.2, 0.25) is 0 Å². The number of benzene rings is 1. The van der Waals surface area contributed by atoms with Gasteiger partial charge in [0.1, 0.15) is 11.5 Å². The van der Waals surface area contributed by atoms with Gasteiger partial charge in [0.25, 0.3) is 5.91 Å². The number of nitrogens with zero attached hydrogens (tertiary/aromatic N) is 3. The maximum atomic E-state index is 12.7. The highest BCUT2D eigenvalue weighted by molar-refractivity contribution is 5.97. The third kappa shape index (κ3) is 3.20. The van der Waals surface area contributed by atoms with Crippen molar-refractivity contribution < 1.29 is 14.3 Å². The molecule has 7 heteroatoms. The van der Waals surface area contributed by atoms with E-state index >= 15 is 0 Å². The van der Waals surface area contributed by atoms with Crippen LogP contribution in [0.4, 0.5) is 0 Å². The molecule has 136 valence electrons. The molecule has 0 aliphatic heterocycles. The molecule has 1 unspecified atom stereocenters. The summed E-state index contributed by atoms with van der Waals surface area (Å²) in [5, 5.41) is 8.19. The third-order valence-electron chi connectivity index (χ3n) is 4.38. The lowest BCUT2D eigenvalue weighted by molar-refractivity contribution is 0.0939. The SMILES string of the molecule is COc1ccc(OC)c(C(C)NC(=O)c2cnc3c(c2)c(C)nn3C)c1. The van der Waals surface area contributed by atoms with E-state index in [2.05, 4.69) is 15.4 Å². The Morgan fingerprint density at radius 1 is 1.23 bits per heavy atom. The van der Waals surface area contributed by atoms with Crippen molar-refractivity contribution in [2.24, 2.45) is 7.05 Å². The van der Waals surface area contributed by atoms with E-state index in [-0.39, 0.29) is 11.9 Å². The molecule has 0 aliphatic rings. The Labute approximate surface area is 151 Å². The van der Waals surface area contributed by atoms with Crippen LogP contribution >= 0.6 is 0 Å². The van der Waals surface area contributed by atoms with Crippen LogP contribution in [0.1, 0.15) is 34.6 Å². The number of ether oxygens (including phenoxy) is 2. The van der Waals surface area contributed by atoms with E-state index in [0.717, 1.165) is 22.3 Å². The zero-order valence-electron chi connectivity index (χ0n) is 15.5. The molecule has 0 saturated carbocycles. The first-order valence-electron chi connectivity index (χ1n) is 8.26. The number of methoxy groups -OCH3 is 2. The molecular formula is C19H22N4O3. The second-order valence-corrected chi connectivity index (χ2v) is 6.11. The van der Waals surface area contributed by atoms with E-state index in [1.165, 1.54) is 0 Å². The Kier molecular flexibility index (Phi) is 4.79. The number of hydrogen-bond donors (Lipinski definition) is 1. The number of nitrogens with one attached hydrogen (secondary N) is 1. The summed E-state index contributed by atoms with van der Waals surface area (Å²) in [5.41, 5.74) is 2.92. The highest BCUT2D eigenvalue weighted by Gasteiger charge is 2.18. The number of fused-ring (bicyclic) bond motifs is 1. The molecule has 0 saturated heterocycles. The van der Waals surface area contributed by atoms with Crippen molar-refractivity contribution in [3.63, 3.8) is 0 Å². The molecule has 1 atom stereocenters. The Morgan fingerprint density at radius 3 is 2.69 bits per heavy atom. The molecule has 1 N–H and O–H groups in total. The topological polar surface area (TPSA) is 78.3 Å². The smallest absolute Gasteiger partial charge is 0.253 e. The van der Waals surface area contributed by atoms with E-state index in [1.54, 1.807) is 25.1 Å². The number of pyridine rings is 1. The molecule has 7 nitrogen and oxygen atoms in total. The molecule has 26 heavy (non-hydrogen) atoms. The van der Waals surface area contributed by atoms with Gasteiger partial charge in [0.05, 0.1) is 31.5 Å². The van der Waals surface area contributed by atoms with Crippen LogP contribution in [0.3, 0.4) is 0 Å². The predicted octanol–water partition coefficient (Wildman–Crippen LogP) is 2.78. The Hall–Kier alpha value is -3.09. The lowest BCUT2D eigenvalue weighted by Gasteiger charge is -2.18. The summed E-state index contributed by atoms with van der Waals surface area (Å²) in [5.74, 6) is 1.19. The van der Waals surface area contributed by atoms with Gasteiger partial charge in [0.2, 0.25) is 0 Å². The summed E-state index contributed by atoms with van der Waals surface area (Å²) in [6, 6.07) is 7.05. The monoisotopic (exact) mass is 354 g/mol. The highest BCUT2D eigenvalue weighted by Crippen LogP contribution is 2.29. The molecular weight excluding hydrogens is 332 g/mol. The maximum Gasteiger partial charge on any atom is 0.253 e. The van der Waals surface area contributed by atoms with Gasteiger partial charge in [-0.1, -0.05) is 0 Å². The number of carbonyl (C=O) groups excluding carboxylic acids is 1. The van der Waals surface area contributed by atoms with Gasteiger partial charge in [-0.25, -0.2) is 4.98 Å². The number of rotatable bonds is 5. The van der Waals surface area contributed by atoms with E-state index in [0.29, 0.717) is 17.1 Å². The average molecular weight is 354 g/mol. The normalized spacial score (nSPS) is 12.0. The summed E-state index contributed by atoms with van der Waals surface area (Å²) in [6.07, 6.45) is 1.56. The van der Waals surface area contributed by atoms with Crippen LogP contribution in [0.15, 0.2) is 30.5 Å². The van der Waals surface area contributed by atoms with Crippen LogP contribution in [0.5, 0.6) is 11.5 Å². The molecule has 0 radical (unpaired) electrons. The van der Waals surface area contributed by atoms with Crippen molar-refractivity contribution in [3.05, 3.63) is 47.3 Å². The van der Waals surface area contributed by atoms with Gasteiger partial charge in [-0.2, -0.15) is 5.10 Å². The molecule has 0 bridgehead atoms. The molecule has 1 aromatic carbocycles. The summed E-state index contributed by atoms with van der Waals surface area (Å²) in [4.78, 5) is 17.1. The summed E-state index contributed by atoms with van der Waals surface area (Å²) in [6.45, 7) is 3.80. The van der Waals surface area contributed by atoms with Crippen molar-refractivity contribution in [2.75, 3.05) is 14.2 Å². The van der Waals surface area contributed by atoms with Gasteiger partial charge in [0.15, 0.2) is 5.65 Å². The summed E-state index contributed by atoms with van der Waals surface area (Å²) >= 11 is 0. The quantitative estimate of drug-likeness (QED) is 0.762. The Balaban J connectivity index is 1.87. The van der Waals surface area contributed by atoms with Gasteiger partial charge in [0, 0.05) is 24.2 Å². The zero-order valence-corrected chi connectivity index (χ0v) is 15.5. The number of aryl methyl sites for hydroxylation is 2. The Morgan fingerprint density at radius 2 is 2.00 bits per heavy atom. The van der Waals surface area contributed by atoms with Gasteiger partial charge in [-0.3, -0.25) is 9.48 Å². The molecule has 1 amide bonds. The lowest BCUT2D eigenvalue weighted by Crippen LogP contribution is -2.27. The van der Waals surface area contributed by atoms with Crippen molar-refractivity contribution in [1.29, 1.82) is 0 Å². The largest absolute Gasteiger partial charge is 0.497 e. The molecule has 0 aliphatic carbocycles. The van der Waals surface area contributed by atoms with Crippen LogP contribution in [-0.2, 0) is 7.05 Å². The van der Waals surface area contributed by atoms with E-state index in [1.807, 2.05) is 45.2 Å². The average Bonchev–Trinajstić information content (AvgIpc) is 2.94. The van der Waals surface area contributed by atoms with Crippen molar-refractivity contribution in [3.8, 4) is 11.5 Å². The van der Waals surface area contributed by atoms with Gasteiger partial charge < -0.3 is 14.8 Å². The fraction of sp³-hybridized carbons (Fsp3) is 0.316.